The summed E-state index contributed by atoms with van der Waals surface area (Å²) in [7, 11) is 0. The van der Waals surface area contributed by atoms with E-state index >= 15 is 0 Å². The molecule has 0 N–H and O–H groups in total. The summed E-state index contributed by atoms with van der Waals surface area (Å²) in [6.45, 7) is 0. The van der Waals surface area contributed by atoms with Gasteiger partial charge in [-0.25, -0.2) is 0 Å². The van der Waals surface area contributed by atoms with Gasteiger partial charge in [0.1, 0.15) is 0 Å². The van der Waals surface area contributed by atoms with Gasteiger partial charge in [0.25, 0.3) is 0 Å². The van der Waals surface area contributed by atoms with Crippen LogP contribution < -0.4 is 4.90 Å². The molecule has 0 aliphatic rings. The summed E-state index contributed by atoms with van der Waals surface area (Å²) < 4.78 is 2.59. The second-order valence-corrected chi connectivity index (χ2v) is 13.6. The standard InChI is InChI=1S/C46H29NS/c1-2-13-30(14-3-1)35-19-10-11-22-40(35)47(41-23-12-24-43-46(41)39-27-32-16-4-5-17-33(32)29-44(39)48-43)42-28-34-18-7-9-21-37(34)45-36-20-8-6-15-31(36)25-26-38(42)45/h1-29H. The highest BCUT2D eigenvalue weighted by Gasteiger charge is 2.24. The van der Waals surface area contributed by atoms with Crippen molar-refractivity contribution in [3.05, 3.63) is 176 Å². The van der Waals surface area contributed by atoms with E-state index in [0.717, 1.165) is 5.69 Å². The minimum atomic E-state index is 1.15. The van der Waals surface area contributed by atoms with Crippen molar-refractivity contribution in [3.63, 3.8) is 0 Å². The quantitative estimate of drug-likeness (QED) is 0.176. The van der Waals surface area contributed by atoms with E-state index in [1.54, 1.807) is 0 Å². The Labute approximate surface area is 282 Å². The van der Waals surface area contributed by atoms with Gasteiger partial charge in [0.2, 0.25) is 0 Å². The summed E-state index contributed by atoms with van der Waals surface area (Å²) in [6.07, 6.45) is 0. The van der Waals surface area contributed by atoms with Crippen molar-refractivity contribution in [2.45, 2.75) is 0 Å². The van der Waals surface area contributed by atoms with Crippen LogP contribution in [0.25, 0.3) is 74.4 Å². The van der Waals surface area contributed by atoms with E-state index in [-0.39, 0.29) is 0 Å². The van der Waals surface area contributed by atoms with Crippen molar-refractivity contribution in [1.29, 1.82) is 0 Å². The zero-order valence-corrected chi connectivity index (χ0v) is 26.9. The molecule has 0 amide bonds. The van der Waals surface area contributed by atoms with Crippen molar-refractivity contribution in [2.24, 2.45) is 0 Å². The predicted octanol–water partition coefficient (Wildman–Crippen LogP) is 13.8. The van der Waals surface area contributed by atoms with E-state index in [9.17, 15) is 0 Å². The number of thiophene rings is 1. The molecule has 2 heteroatoms. The van der Waals surface area contributed by atoms with Crippen LogP contribution in [0, 0.1) is 0 Å². The number of hydrogen-bond donors (Lipinski definition) is 0. The third kappa shape index (κ3) is 4.17. The molecule has 0 saturated heterocycles. The fraction of sp³-hybridized carbons (Fsp3) is 0. The topological polar surface area (TPSA) is 3.24 Å². The SMILES string of the molecule is c1ccc(-c2ccccc2N(c2cc3ccccc3c3c2ccc2ccccc23)c2cccc3sc4cc5ccccc5cc4c23)cc1. The largest absolute Gasteiger partial charge is 0.309 e. The van der Waals surface area contributed by atoms with Crippen LogP contribution in [0.15, 0.2) is 176 Å². The molecule has 0 atom stereocenters. The fourth-order valence-electron chi connectivity index (χ4n) is 7.63. The molecule has 0 aliphatic heterocycles. The van der Waals surface area contributed by atoms with Crippen LogP contribution in [0.3, 0.4) is 0 Å². The smallest absolute Gasteiger partial charge is 0.0555 e. The van der Waals surface area contributed by atoms with E-state index in [4.69, 9.17) is 0 Å². The normalized spacial score (nSPS) is 11.8. The summed E-state index contributed by atoms with van der Waals surface area (Å²) in [4.78, 5) is 2.54. The van der Waals surface area contributed by atoms with Gasteiger partial charge in [-0.15, -0.1) is 11.3 Å². The van der Waals surface area contributed by atoms with Gasteiger partial charge in [-0.3, -0.25) is 0 Å². The summed E-state index contributed by atoms with van der Waals surface area (Å²) in [6, 6.07) is 64.6. The van der Waals surface area contributed by atoms with Crippen molar-refractivity contribution in [2.75, 3.05) is 4.90 Å². The Morgan fingerprint density at radius 2 is 0.979 bits per heavy atom. The van der Waals surface area contributed by atoms with Crippen molar-refractivity contribution in [1.82, 2.24) is 0 Å². The van der Waals surface area contributed by atoms with Gasteiger partial charge in [-0.1, -0.05) is 140 Å². The lowest BCUT2D eigenvalue weighted by Crippen LogP contribution is -2.12. The fourth-order valence-corrected chi connectivity index (χ4v) is 8.79. The van der Waals surface area contributed by atoms with Gasteiger partial charge in [0.05, 0.1) is 17.1 Å². The predicted molar refractivity (Wildman–Crippen MR) is 209 cm³/mol. The van der Waals surface area contributed by atoms with Crippen LogP contribution in [-0.4, -0.2) is 0 Å². The van der Waals surface area contributed by atoms with Crippen molar-refractivity contribution in [3.8, 4) is 11.1 Å². The Kier molecular flexibility index (Phi) is 6.12. The lowest BCUT2D eigenvalue weighted by molar-refractivity contribution is 1.32. The first-order valence-electron chi connectivity index (χ1n) is 16.4. The summed E-state index contributed by atoms with van der Waals surface area (Å²) in [5.74, 6) is 0. The van der Waals surface area contributed by atoms with Gasteiger partial charge in [0.15, 0.2) is 0 Å². The zero-order valence-electron chi connectivity index (χ0n) is 26.1. The molecule has 0 radical (unpaired) electrons. The Hall–Kier alpha value is -5.96. The van der Waals surface area contributed by atoms with Crippen LogP contribution in [0.5, 0.6) is 0 Å². The molecule has 10 rings (SSSR count). The number of nitrogens with zero attached hydrogens (tertiary/aromatic N) is 1. The highest BCUT2D eigenvalue weighted by atomic mass is 32.1. The number of para-hydroxylation sites is 1. The van der Waals surface area contributed by atoms with Gasteiger partial charge in [-0.2, -0.15) is 0 Å². The van der Waals surface area contributed by atoms with E-state index in [1.807, 2.05) is 11.3 Å². The molecule has 0 fully saturated rings. The minimum Gasteiger partial charge on any atom is -0.309 e. The highest BCUT2D eigenvalue weighted by molar-refractivity contribution is 7.26. The lowest BCUT2D eigenvalue weighted by Gasteiger charge is -2.30. The van der Waals surface area contributed by atoms with E-state index < -0.39 is 0 Å². The van der Waals surface area contributed by atoms with Crippen LogP contribution in [-0.2, 0) is 0 Å². The first kappa shape index (κ1) is 27.2. The van der Waals surface area contributed by atoms with Crippen LogP contribution in [0.1, 0.15) is 0 Å². The molecule has 1 nitrogen and oxygen atoms in total. The van der Waals surface area contributed by atoms with E-state index in [0.29, 0.717) is 0 Å². The Bertz CT molecular complexity index is 2830. The molecule has 9 aromatic carbocycles. The maximum atomic E-state index is 2.54. The molecular formula is C46H29NS. The maximum absolute atomic E-state index is 2.54. The van der Waals surface area contributed by atoms with Gasteiger partial charge < -0.3 is 4.90 Å². The van der Waals surface area contributed by atoms with E-state index in [2.05, 4.69) is 181 Å². The number of rotatable bonds is 4. The average Bonchev–Trinajstić information content (AvgIpc) is 3.52. The molecule has 0 aliphatic carbocycles. The third-order valence-electron chi connectivity index (χ3n) is 9.78. The average molecular weight is 628 g/mol. The second kappa shape index (κ2) is 10.8. The van der Waals surface area contributed by atoms with Crippen LogP contribution in [0.2, 0.25) is 0 Å². The first-order chi connectivity index (χ1) is 23.8. The van der Waals surface area contributed by atoms with Gasteiger partial charge in [-0.05, 0) is 79.7 Å². The Morgan fingerprint density at radius 3 is 1.81 bits per heavy atom. The number of anilines is 3. The molecule has 0 saturated carbocycles. The molecule has 10 aromatic rings. The minimum absolute atomic E-state index is 1.15. The second-order valence-electron chi connectivity index (χ2n) is 12.5. The lowest BCUT2D eigenvalue weighted by atomic mass is 9.93. The van der Waals surface area contributed by atoms with Gasteiger partial charge >= 0.3 is 0 Å². The zero-order chi connectivity index (χ0) is 31.6. The summed E-state index contributed by atoms with van der Waals surface area (Å²) >= 11 is 1.88. The number of benzene rings is 9. The molecular weight excluding hydrogens is 599 g/mol. The Morgan fingerprint density at radius 1 is 0.333 bits per heavy atom. The molecule has 0 bridgehead atoms. The maximum Gasteiger partial charge on any atom is 0.0555 e. The molecule has 0 spiro atoms. The monoisotopic (exact) mass is 627 g/mol. The molecule has 1 aromatic heterocycles. The summed E-state index contributed by atoms with van der Waals surface area (Å²) in [5, 5.41) is 12.7. The van der Waals surface area contributed by atoms with E-state index in [1.165, 1.54) is 85.8 Å². The summed E-state index contributed by atoms with van der Waals surface area (Å²) in [5.41, 5.74) is 5.90. The number of hydrogen-bond acceptors (Lipinski definition) is 2. The van der Waals surface area contributed by atoms with Crippen LogP contribution in [0.4, 0.5) is 17.1 Å². The van der Waals surface area contributed by atoms with Crippen LogP contribution >= 0.6 is 11.3 Å². The highest BCUT2D eigenvalue weighted by Crippen LogP contribution is 2.50. The molecule has 1 heterocycles. The van der Waals surface area contributed by atoms with Crippen molar-refractivity contribution < 1.29 is 0 Å². The third-order valence-corrected chi connectivity index (χ3v) is 10.9. The molecule has 48 heavy (non-hydrogen) atoms. The molecule has 0 unspecified atom stereocenters. The molecule has 224 valence electrons. The van der Waals surface area contributed by atoms with Gasteiger partial charge in [0, 0.05) is 31.1 Å². The first-order valence-corrected chi connectivity index (χ1v) is 17.3. The van der Waals surface area contributed by atoms with Crippen molar-refractivity contribution >= 4 is 91.7 Å². The Balaban J connectivity index is 1.38. The number of fused-ring (bicyclic) bond motifs is 9.